The van der Waals surface area contributed by atoms with Crippen molar-refractivity contribution in [1.29, 1.82) is 0 Å². The molecule has 2 aromatic heterocycles. The molecule has 0 spiro atoms. The Balaban J connectivity index is 0.000000350. The van der Waals surface area contributed by atoms with Gasteiger partial charge in [0.25, 0.3) is 5.91 Å². The SMILES string of the molecule is C#CC[n+]1c(C)ccc2cc(NC(=O)c3ccc4[nH]nnc4c3)ccc21.O=S(=O)([O-])C(F)(F)F. The summed E-state index contributed by atoms with van der Waals surface area (Å²) in [6.07, 6.45) is 5.47. The molecule has 0 saturated carbocycles. The number of nitrogens with one attached hydrogen (secondary N) is 2. The Bertz CT molecular complexity index is 1530. The van der Waals surface area contributed by atoms with E-state index in [9.17, 15) is 18.0 Å². The molecule has 2 heterocycles. The van der Waals surface area contributed by atoms with Gasteiger partial charge in [-0.3, -0.25) is 9.89 Å². The molecule has 13 heteroatoms. The van der Waals surface area contributed by atoms with E-state index in [1.54, 1.807) is 18.2 Å². The van der Waals surface area contributed by atoms with Crippen molar-refractivity contribution in [2.75, 3.05) is 5.32 Å². The molecule has 0 unspecified atom stereocenters. The number of alkyl halides is 3. The van der Waals surface area contributed by atoms with Crippen LogP contribution in [-0.4, -0.2) is 39.8 Å². The molecule has 0 atom stereocenters. The zero-order valence-electron chi connectivity index (χ0n) is 17.4. The minimum absolute atomic E-state index is 0.196. The highest BCUT2D eigenvalue weighted by Gasteiger charge is 2.36. The van der Waals surface area contributed by atoms with Gasteiger partial charge >= 0.3 is 5.51 Å². The summed E-state index contributed by atoms with van der Waals surface area (Å²) in [5, 5.41) is 14.4. The van der Waals surface area contributed by atoms with Gasteiger partial charge in [-0.25, -0.2) is 8.42 Å². The number of rotatable bonds is 3. The highest BCUT2D eigenvalue weighted by Crippen LogP contribution is 2.21. The monoisotopic (exact) mass is 491 g/mol. The van der Waals surface area contributed by atoms with Crippen LogP contribution in [0.2, 0.25) is 0 Å². The number of anilines is 1. The van der Waals surface area contributed by atoms with Gasteiger partial charge in [-0.2, -0.15) is 17.7 Å². The maximum Gasteiger partial charge on any atom is 0.485 e. The summed E-state index contributed by atoms with van der Waals surface area (Å²) < 4.78 is 61.0. The topological polar surface area (TPSA) is 132 Å². The first-order chi connectivity index (χ1) is 15.9. The van der Waals surface area contributed by atoms with Gasteiger partial charge in [-0.05, 0) is 42.3 Å². The number of hydrogen-bond donors (Lipinski definition) is 2. The third kappa shape index (κ3) is 5.48. The van der Waals surface area contributed by atoms with Crippen molar-refractivity contribution in [2.24, 2.45) is 0 Å². The molecule has 0 aliphatic heterocycles. The van der Waals surface area contributed by atoms with Gasteiger partial charge in [0.1, 0.15) is 5.52 Å². The Morgan fingerprint density at radius 3 is 2.56 bits per heavy atom. The maximum absolute atomic E-state index is 12.5. The van der Waals surface area contributed by atoms with Gasteiger partial charge in [0.05, 0.1) is 5.52 Å². The fraction of sp³-hybridized carbons (Fsp3) is 0.143. The lowest BCUT2D eigenvalue weighted by molar-refractivity contribution is -0.664. The number of amides is 1. The molecular weight excluding hydrogens is 475 g/mol. The molecule has 2 aromatic carbocycles. The number of hydrogen-bond acceptors (Lipinski definition) is 6. The van der Waals surface area contributed by atoms with Crippen LogP contribution < -0.4 is 9.88 Å². The minimum atomic E-state index is -6.09. The van der Waals surface area contributed by atoms with E-state index in [0.717, 1.165) is 27.8 Å². The van der Waals surface area contributed by atoms with E-state index >= 15 is 0 Å². The summed E-state index contributed by atoms with van der Waals surface area (Å²) >= 11 is 0. The number of benzene rings is 2. The number of aromatic amines is 1. The van der Waals surface area contributed by atoms with Crippen LogP contribution in [0.1, 0.15) is 16.1 Å². The molecule has 9 nitrogen and oxygen atoms in total. The molecule has 34 heavy (non-hydrogen) atoms. The first kappa shape index (κ1) is 24.6. The standard InChI is InChI=1S/C20H15N5O.CHF3O3S/c1-3-10-25-13(2)4-5-14-11-16(7-9-19(14)25)21-20(26)15-6-8-17-18(12-15)23-24-22-17;2-1(3,4)8(5,6)7/h1,4-9,11-12H,10H2,2H3,(H-,21,22,23,24,26);(H,5,6,7). The fourth-order valence-corrected chi connectivity index (χ4v) is 2.99. The largest absolute Gasteiger partial charge is 0.741 e. The average Bonchev–Trinajstić information content (AvgIpc) is 3.23. The van der Waals surface area contributed by atoms with E-state index in [1.807, 2.05) is 37.3 Å². The Kier molecular flexibility index (Phi) is 6.85. The van der Waals surface area contributed by atoms with Gasteiger partial charge < -0.3 is 9.87 Å². The lowest BCUT2D eigenvalue weighted by Gasteiger charge is -2.08. The maximum atomic E-state index is 12.5. The Morgan fingerprint density at radius 2 is 1.91 bits per heavy atom. The molecule has 0 saturated heterocycles. The van der Waals surface area contributed by atoms with E-state index < -0.39 is 15.6 Å². The summed E-state index contributed by atoms with van der Waals surface area (Å²) in [6.45, 7) is 2.53. The Morgan fingerprint density at radius 1 is 1.21 bits per heavy atom. The van der Waals surface area contributed by atoms with Gasteiger partial charge in [0, 0.05) is 35.7 Å². The molecule has 176 valence electrons. The predicted molar refractivity (Wildman–Crippen MR) is 115 cm³/mol. The van der Waals surface area contributed by atoms with Gasteiger partial charge in [-0.1, -0.05) is 5.21 Å². The molecule has 2 N–H and O–H groups in total. The van der Waals surface area contributed by atoms with Gasteiger partial charge in [0.2, 0.25) is 12.1 Å². The van der Waals surface area contributed by atoms with Crippen molar-refractivity contribution in [3.63, 3.8) is 0 Å². The number of fused-ring (bicyclic) bond motifs is 2. The second-order valence-electron chi connectivity index (χ2n) is 6.94. The predicted octanol–water partition coefficient (Wildman–Crippen LogP) is 2.64. The smallest absolute Gasteiger partial charge is 0.485 e. The number of aryl methyl sites for hydroxylation is 1. The van der Waals surface area contributed by atoms with Crippen LogP contribution >= 0.6 is 0 Å². The summed E-state index contributed by atoms with van der Waals surface area (Å²) in [6, 6.07) is 15.1. The lowest BCUT2D eigenvalue weighted by Crippen LogP contribution is -2.37. The summed E-state index contributed by atoms with van der Waals surface area (Å²) in [5.74, 6) is 2.48. The van der Waals surface area contributed by atoms with Crippen LogP contribution in [0, 0.1) is 19.3 Å². The molecule has 1 amide bonds. The van der Waals surface area contributed by atoms with Gasteiger partial charge in [-0.15, -0.1) is 11.5 Å². The van der Waals surface area contributed by atoms with E-state index in [4.69, 9.17) is 19.4 Å². The number of H-pyrrole nitrogens is 1. The number of carbonyl (C=O) groups is 1. The molecule has 4 rings (SSSR count). The van der Waals surface area contributed by atoms with Crippen LogP contribution in [0.5, 0.6) is 0 Å². The quantitative estimate of drug-likeness (QED) is 0.196. The second kappa shape index (κ2) is 9.46. The fourth-order valence-electron chi connectivity index (χ4n) is 2.99. The zero-order valence-corrected chi connectivity index (χ0v) is 18.2. The average molecular weight is 491 g/mol. The summed E-state index contributed by atoms with van der Waals surface area (Å²) in [4.78, 5) is 12.5. The van der Waals surface area contributed by atoms with Crippen molar-refractivity contribution in [2.45, 2.75) is 19.0 Å². The van der Waals surface area contributed by atoms with Crippen molar-refractivity contribution in [3.8, 4) is 12.3 Å². The molecule has 4 aromatic rings. The van der Waals surface area contributed by atoms with Crippen LogP contribution in [0.3, 0.4) is 0 Å². The molecule has 0 fully saturated rings. The number of nitrogens with zero attached hydrogens (tertiary/aromatic N) is 3. The number of halogens is 3. The van der Waals surface area contributed by atoms with E-state index in [0.29, 0.717) is 17.6 Å². The highest BCUT2D eigenvalue weighted by atomic mass is 32.2. The summed E-state index contributed by atoms with van der Waals surface area (Å²) in [5.41, 5.74) is -0.829. The Labute approximate surface area is 191 Å². The Hall–Kier alpha value is -4.02. The van der Waals surface area contributed by atoms with Crippen LogP contribution in [0.25, 0.3) is 21.9 Å². The van der Waals surface area contributed by atoms with Crippen molar-refractivity contribution >= 4 is 43.6 Å². The second-order valence-corrected chi connectivity index (χ2v) is 8.31. The first-order valence-electron chi connectivity index (χ1n) is 9.41. The minimum Gasteiger partial charge on any atom is -0.741 e. The third-order valence-electron chi connectivity index (χ3n) is 4.63. The molecular formula is C21H16F3N5O4S. The van der Waals surface area contributed by atoms with Gasteiger partial charge in [0.15, 0.2) is 15.8 Å². The van der Waals surface area contributed by atoms with Crippen LogP contribution in [-0.2, 0) is 16.7 Å². The lowest BCUT2D eigenvalue weighted by atomic mass is 10.1. The zero-order chi connectivity index (χ0) is 25.1. The number of terminal acetylenes is 1. The van der Waals surface area contributed by atoms with E-state index in [-0.39, 0.29) is 5.91 Å². The first-order valence-corrected chi connectivity index (χ1v) is 10.8. The molecule has 0 radical (unpaired) electrons. The summed E-state index contributed by atoms with van der Waals surface area (Å²) in [7, 11) is -6.09. The number of aromatic nitrogens is 4. The highest BCUT2D eigenvalue weighted by molar-refractivity contribution is 7.86. The molecule has 0 aliphatic carbocycles. The third-order valence-corrected chi connectivity index (χ3v) is 5.19. The van der Waals surface area contributed by atoms with E-state index in [1.165, 1.54) is 0 Å². The molecule has 0 aliphatic rings. The van der Waals surface area contributed by atoms with Crippen molar-refractivity contribution in [3.05, 3.63) is 59.8 Å². The number of pyridine rings is 1. The number of carbonyl (C=O) groups excluding carboxylic acids is 1. The van der Waals surface area contributed by atoms with Crippen molar-refractivity contribution in [1.82, 2.24) is 15.4 Å². The van der Waals surface area contributed by atoms with Crippen molar-refractivity contribution < 1.29 is 35.5 Å². The normalized spacial score (nSPS) is 11.5. The van der Waals surface area contributed by atoms with E-state index in [2.05, 4.69) is 31.2 Å². The van der Waals surface area contributed by atoms with Crippen LogP contribution in [0.15, 0.2) is 48.5 Å². The molecule has 0 bridgehead atoms. The van der Waals surface area contributed by atoms with Crippen LogP contribution in [0.4, 0.5) is 18.9 Å².